The molecule has 2 heterocycles. The maximum absolute atomic E-state index is 12.2. The molecule has 1 atom stereocenters. The van der Waals surface area contributed by atoms with E-state index in [0.29, 0.717) is 5.56 Å². The Balaban J connectivity index is 1.78. The maximum atomic E-state index is 12.2. The summed E-state index contributed by atoms with van der Waals surface area (Å²) >= 11 is 0. The van der Waals surface area contributed by atoms with E-state index >= 15 is 0 Å². The summed E-state index contributed by atoms with van der Waals surface area (Å²) in [5, 5.41) is 0. The zero-order chi connectivity index (χ0) is 20.6. The summed E-state index contributed by atoms with van der Waals surface area (Å²) in [4.78, 5) is 40.1. The molecule has 10 nitrogen and oxygen atoms in total. The van der Waals surface area contributed by atoms with Gasteiger partial charge in [0.25, 0.3) is 15.6 Å². The van der Waals surface area contributed by atoms with Crippen molar-refractivity contribution in [3.63, 3.8) is 0 Å². The lowest BCUT2D eigenvalue weighted by molar-refractivity contribution is -0.146. The average Bonchev–Trinajstić information content (AvgIpc) is 2.92. The van der Waals surface area contributed by atoms with E-state index in [1.54, 1.807) is 18.2 Å². The average molecular weight is 406 g/mol. The Morgan fingerprint density at radius 2 is 1.89 bits per heavy atom. The first-order valence-corrected chi connectivity index (χ1v) is 9.72. The van der Waals surface area contributed by atoms with E-state index in [2.05, 4.69) is 9.71 Å². The second kappa shape index (κ2) is 7.08. The number of hydrogen-bond acceptors (Lipinski definition) is 7. The van der Waals surface area contributed by atoms with Gasteiger partial charge in [0.05, 0.1) is 10.6 Å². The standard InChI is InChI=1S/C17H18N4O6S/c1-10(18-15-12-6-4-5-7-13(12)28(25,26)19-15)16(23)27-9-11-8-14(22)21(3)17(24)20(11)2/h4-8,10H,9H2,1-3H3,(H,18,19). The van der Waals surface area contributed by atoms with Crippen LogP contribution in [0.15, 0.2) is 49.8 Å². The van der Waals surface area contributed by atoms with Crippen molar-refractivity contribution in [2.45, 2.75) is 24.5 Å². The van der Waals surface area contributed by atoms with Gasteiger partial charge >= 0.3 is 11.7 Å². The number of rotatable bonds is 4. The molecule has 0 amide bonds. The Labute approximate surface area is 160 Å². The highest BCUT2D eigenvalue weighted by Crippen LogP contribution is 2.22. The number of aliphatic imine (C=N–C) groups is 1. The molecule has 1 aliphatic rings. The third kappa shape index (κ3) is 3.48. The van der Waals surface area contributed by atoms with Crippen LogP contribution in [-0.4, -0.2) is 35.4 Å². The van der Waals surface area contributed by atoms with Crippen LogP contribution in [0.2, 0.25) is 0 Å². The second-order valence-corrected chi connectivity index (χ2v) is 7.89. The molecule has 148 valence electrons. The zero-order valence-electron chi connectivity index (χ0n) is 15.4. The Bertz CT molecular complexity index is 1210. The number of nitrogens with one attached hydrogen (secondary N) is 1. The van der Waals surface area contributed by atoms with Crippen molar-refractivity contribution in [3.05, 3.63) is 62.4 Å². The fourth-order valence-electron chi connectivity index (χ4n) is 2.66. The van der Waals surface area contributed by atoms with Gasteiger partial charge in [-0.3, -0.25) is 23.6 Å². The van der Waals surface area contributed by atoms with Gasteiger partial charge in [0.2, 0.25) is 0 Å². The van der Waals surface area contributed by atoms with E-state index in [-0.39, 0.29) is 23.0 Å². The predicted octanol–water partition coefficient (Wildman–Crippen LogP) is -0.746. The van der Waals surface area contributed by atoms with Crippen LogP contribution in [0.3, 0.4) is 0 Å². The van der Waals surface area contributed by atoms with E-state index in [9.17, 15) is 22.8 Å². The minimum Gasteiger partial charge on any atom is -0.458 e. The molecule has 0 saturated heterocycles. The number of aromatic nitrogens is 2. The molecule has 1 N–H and O–H groups in total. The number of nitrogens with zero attached hydrogens (tertiary/aromatic N) is 3. The fourth-order valence-corrected chi connectivity index (χ4v) is 3.90. The lowest BCUT2D eigenvalue weighted by Crippen LogP contribution is -2.38. The molecule has 0 bridgehead atoms. The van der Waals surface area contributed by atoms with Crippen LogP contribution >= 0.6 is 0 Å². The molecule has 0 radical (unpaired) electrons. The van der Waals surface area contributed by atoms with Crippen molar-refractivity contribution in [1.29, 1.82) is 0 Å². The van der Waals surface area contributed by atoms with Gasteiger partial charge in [0.1, 0.15) is 18.5 Å². The van der Waals surface area contributed by atoms with Gasteiger partial charge in [-0.15, -0.1) is 0 Å². The van der Waals surface area contributed by atoms with Gasteiger partial charge < -0.3 is 4.74 Å². The van der Waals surface area contributed by atoms with E-state index in [1.807, 2.05) is 0 Å². The van der Waals surface area contributed by atoms with Crippen LogP contribution in [-0.2, 0) is 40.3 Å². The zero-order valence-corrected chi connectivity index (χ0v) is 16.2. The van der Waals surface area contributed by atoms with Gasteiger partial charge in [0, 0.05) is 25.7 Å². The van der Waals surface area contributed by atoms with E-state index in [4.69, 9.17) is 4.74 Å². The number of ether oxygens (including phenoxy) is 1. The molecule has 0 saturated carbocycles. The molecular formula is C17H18N4O6S. The van der Waals surface area contributed by atoms with Crippen molar-refractivity contribution in [3.8, 4) is 0 Å². The molecule has 1 aromatic heterocycles. The summed E-state index contributed by atoms with van der Waals surface area (Å²) in [7, 11) is -0.905. The fraction of sp³-hybridized carbons (Fsp3) is 0.294. The Morgan fingerprint density at radius 3 is 2.61 bits per heavy atom. The normalized spacial score (nSPS) is 17.0. The van der Waals surface area contributed by atoms with Crippen LogP contribution in [0.4, 0.5) is 0 Å². The largest absolute Gasteiger partial charge is 0.458 e. The number of hydrogen-bond donors (Lipinski definition) is 1. The third-order valence-electron chi connectivity index (χ3n) is 4.31. The first-order valence-electron chi connectivity index (χ1n) is 8.24. The topological polar surface area (TPSA) is 129 Å². The van der Waals surface area contributed by atoms with Crippen molar-refractivity contribution < 1.29 is 17.9 Å². The summed E-state index contributed by atoms with van der Waals surface area (Å²) in [6.45, 7) is 1.16. The van der Waals surface area contributed by atoms with Crippen LogP contribution < -0.4 is 16.0 Å². The van der Waals surface area contributed by atoms with Crippen molar-refractivity contribution >= 4 is 21.8 Å². The highest BCUT2D eigenvalue weighted by Gasteiger charge is 2.31. The number of esters is 1. The molecule has 1 unspecified atom stereocenters. The van der Waals surface area contributed by atoms with Crippen LogP contribution in [0.25, 0.3) is 0 Å². The lowest BCUT2D eigenvalue weighted by atomic mass is 10.2. The van der Waals surface area contributed by atoms with E-state index in [1.165, 1.54) is 37.7 Å². The quantitative estimate of drug-likeness (QED) is 0.666. The van der Waals surface area contributed by atoms with Crippen molar-refractivity contribution in [2.75, 3.05) is 0 Å². The van der Waals surface area contributed by atoms with Gasteiger partial charge in [-0.05, 0) is 19.1 Å². The molecule has 1 aromatic carbocycles. The van der Waals surface area contributed by atoms with Crippen LogP contribution in [0.1, 0.15) is 18.2 Å². The minimum atomic E-state index is -3.71. The number of carbonyl (C=O) groups excluding carboxylic acids is 1. The number of fused-ring (bicyclic) bond motifs is 1. The molecule has 2 aromatic rings. The maximum Gasteiger partial charge on any atom is 0.331 e. The summed E-state index contributed by atoms with van der Waals surface area (Å²) in [6, 6.07) is 6.47. The minimum absolute atomic E-state index is 0.0565. The first kappa shape index (κ1) is 19.5. The van der Waals surface area contributed by atoms with Crippen molar-refractivity contribution in [1.82, 2.24) is 13.9 Å². The van der Waals surface area contributed by atoms with Gasteiger partial charge in [-0.25, -0.2) is 18.0 Å². The molecular weight excluding hydrogens is 388 g/mol. The SMILES string of the molecule is CC(N=C1NS(=O)(=O)c2ccccc21)C(=O)OCc1cc(=O)n(C)c(=O)n1C. The summed E-state index contributed by atoms with van der Waals surface area (Å²) in [5.74, 6) is -0.676. The molecule has 11 heteroatoms. The van der Waals surface area contributed by atoms with Gasteiger partial charge in [0.15, 0.2) is 0 Å². The Hall–Kier alpha value is -3.21. The predicted molar refractivity (Wildman–Crippen MR) is 99.5 cm³/mol. The number of benzene rings is 1. The van der Waals surface area contributed by atoms with Crippen LogP contribution in [0.5, 0.6) is 0 Å². The molecule has 0 aliphatic carbocycles. The van der Waals surface area contributed by atoms with Crippen LogP contribution in [0, 0.1) is 0 Å². The highest BCUT2D eigenvalue weighted by atomic mass is 32.2. The van der Waals surface area contributed by atoms with E-state index in [0.717, 1.165) is 4.57 Å². The molecule has 28 heavy (non-hydrogen) atoms. The van der Waals surface area contributed by atoms with E-state index < -0.39 is 33.3 Å². The van der Waals surface area contributed by atoms with Crippen molar-refractivity contribution in [2.24, 2.45) is 19.1 Å². The molecule has 1 aliphatic heterocycles. The highest BCUT2D eigenvalue weighted by molar-refractivity contribution is 7.90. The lowest BCUT2D eigenvalue weighted by Gasteiger charge is -2.12. The summed E-state index contributed by atoms with van der Waals surface area (Å²) in [6.07, 6.45) is 0. The molecule has 3 rings (SSSR count). The van der Waals surface area contributed by atoms with Gasteiger partial charge in [-0.1, -0.05) is 12.1 Å². The van der Waals surface area contributed by atoms with Gasteiger partial charge in [-0.2, -0.15) is 0 Å². The Morgan fingerprint density at radius 1 is 1.21 bits per heavy atom. The first-order chi connectivity index (χ1) is 13.1. The summed E-state index contributed by atoms with van der Waals surface area (Å²) in [5.41, 5.74) is -0.451. The molecule has 0 fully saturated rings. The number of amidine groups is 1. The monoisotopic (exact) mass is 406 g/mol. The molecule has 0 spiro atoms. The Kier molecular flexibility index (Phi) is 4.94. The second-order valence-electron chi connectivity index (χ2n) is 6.24. The third-order valence-corrected chi connectivity index (χ3v) is 5.71. The number of sulfonamides is 1. The smallest absolute Gasteiger partial charge is 0.331 e. The summed E-state index contributed by atoms with van der Waals surface area (Å²) < 4.78 is 33.7. The number of carbonyl (C=O) groups is 1.